The minimum atomic E-state index is 1.34. The average Bonchev–Trinajstić information content (AvgIpc) is 2.98. The fraction of sp³-hybridized carbons (Fsp3) is 1.00. The summed E-state index contributed by atoms with van der Waals surface area (Å²) in [6, 6.07) is 0. The van der Waals surface area contributed by atoms with Gasteiger partial charge in [0.1, 0.15) is 0 Å². The van der Waals surface area contributed by atoms with E-state index in [1.54, 1.807) is 0 Å². The third-order valence-electron chi connectivity index (χ3n) is 9.48. The normalized spacial score (nSPS) is 11.7. The van der Waals surface area contributed by atoms with E-state index in [9.17, 15) is 0 Å². The lowest BCUT2D eigenvalue weighted by Crippen LogP contribution is -2.27. The first-order valence-electron chi connectivity index (χ1n) is 20.1. The lowest BCUT2D eigenvalue weighted by Gasteiger charge is -2.22. The Kier molecular flexibility index (Phi) is 37.9. The van der Waals surface area contributed by atoms with Crippen molar-refractivity contribution in [2.75, 3.05) is 19.6 Å². The summed E-state index contributed by atoms with van der Waals surface area (Å²) in [4.78, 5) is 2.80. The van der Waals surface area contributed by atoms with Crippen LogP contribution in [-0.2, 0) is 0 Å². The molecular formula is C40H83N. The van der Waals surface area contributed by atoms with E-state index >= 15 is 0 Å². The summed E-state index contributed by atoms with van der Waals surface area (Å²) in [6.07, 6.45) is 49.7. The second-order valence-electron chi connectivity index (χ2n) is 13.8. The van der Waals surface area contributed by atoms with Gasteiger partial charge >= 0.3 is 0 Å². The standard InChI is InChI=1S/C40H83N/c1-4-7-10-12-14-16-18-20-22-24-26-28-30-32-34-36-39-41(38-9-6-3)40-37-35-33-31-29-27-25-23-21-19-17-15-13-11-8-5-2/h4-40H2,1-3H3. The molecule has 0 aliphatic rings. The van der Waals surface area contributed by atoms with Crippen LogP contribution in [0.25, 0.3) is 0 Å². The summed E-state index contributed by atoms with van der Waals surface area (Å²) in [7, 11) is 0. The second kappa shape index (κ2) is 38.0. The van der Waals surface area contributed by atoms with Gasteiger partial charge in [-0.25, -0.2) is 0 Å². The van der Waals surface area contributed by atoms with Crippen LogP contribution in [0.15, 0.2) is 0 Å². The van der Waals surface area contributed by atoms with Gasteiger partial charge < -0.3 is 4.90 Å². The van der Waals surface area contributed by atoms with Crippen molar-refractivity contribution in [3.63, 3.8) is 0 Å². The van der Waals surface area contributed by atoms with E-state index in [2.05, 4.69) is 25.7 Å². The molecule has 0 fully saturated rings. The van der Waals surface area contributed by atoms with Crippen LogP contribution >= 0.6 is 0 Å². The zero-order valence-electron chi connectivity index (χ0n) is 29.6. The Labute approximate surface area is 263 Å². The molecule has 41 heavy (non-hydrogen) atoms. The monoisotopic (exact) mass is 578 g/mol. The highest BCUT2D eigenvalue weighted by Gasteiger charge is 2.04. The number of hydrogen-bond donors (Lipinski definition) is 0. The lowest BCUT2D eigenvalue weighted by atomic mass is 10.0. The highest BCUT2D eigenvalue weighted by molar-refractivity contribution is 4.60. The van der Waals surface area contributed by atoms with E-state index < -0.39 is 0 Å². The zero-order valence-corrected chi connectivity index (χ0v) is 29.6. The van der Waals surface area contributed by atoms with E-state index in [-0.39, 0.29) is 0 Å². The Hall–Kier alpha value is -0.0400. The maximum atomic E-state index is 2.80. The van der Waals surface area contributed by atoms with Crippen molar-refractivity contribution < 1.29 is 0 Å². The SMILES string of the molecule is CCCCCCCCCCCCCCCCCCN(CCCC)CCCCCCCCCCCCCCCCCC. The van der Waals surface area contributed by atoms with E-state index in [1.165, 1.54) is 238 Å². The van der Waals surface area contributed by atoms with Gasteiger partial charge in [-0.3, -0.25) is 0 Å². The quantitative estimate of drug-likeness (QED) is 0.0664. The van der Waals surface area contributed by atoms with Gasteiger partial charge in [0.2, 0.25) is 0 Å². The Balaban J connectivity index is 3.44. The highest BCUT2D eigenvalue weighted by atomic mass is 15.1. The molecule has 0 N–H and O–H groups in total. The molecule has 0 saturated heterocycles. The molecule has 0 radical (unpaired) electrons. The molecule has 0 rings (SSSR count). The number of nitrogens with zero attached hydrogens (tertiary/aromatic N) is 1. The van der Waals surface area contributed by atoms with Gasteiger partial charge in [0.05, 0.1) is 0 Å². The largest absolute Gasteiger partial charge is 0.303 e. The van der Waals surface area contributed by atoms with Crippen LogP contribution in [0.4, 0.5) is 0 Å². The number of hydrogen-bond acceptors (Lipinski definition) is 1. The first-order chi connectivity index (χ1) is 20.3. The molecular weight excluding hydrogens is 494 g/mol. The predicted octanol–water partition coefficient (Wildman–Crippen LogP) is 14.6. The molecule has 0 spiro atoms. The molecule has 0 bridgehead atoms. The molecule has 0 aromatic rings. The zero-order chi connectivity index (χ0) is 29.7. The summed E-state index contributed by atoms with van der Waals surface area (Å²) in [5.74, 6) is 0. The maximum Gasteiger partial charge on any atom is -0.00187 e. The molecule has 248 valence electrons. The van der Waals surface area contributed by atoms with E-state index in [0.29, 0.717) is 0 Å². The van der Waals surface area contributed by atoms with Crippen molar-refractivity contribution in [2.24, 2.45) is 0 Å². The topological polar surface area (TPSA) is 3.24 Å². The van der Waals surface area contributed by atoms with Crippen LogP contribution in [0, 0.1) is 0 Å². The van der Waals surface area contributed by atoms with Crippen LogP contribution < -0.4 is 0 Å². The van der Waals surface area contributed by atoms with Crippen molar-refractivity contribution in [2.45, 2.75) is 239 Å². The Morgan fingerprint density at radius 1 is 0.195 bits per heavy atom. The van der Waals surface area contributed by atoms with Crippen molar-refractivity contribution >= 4 is 0 Å². The van der Waals surface area contributed by atoms with E-state index in [4.69, 9.17) is 0 Å². The van der Waals surface area contributed by atoms with Crippen molar-refractivity contribution in [3.8, 4) is 0 Å². The van der Waals surface area contributed by atoms with Gasteiger partial charge in [0.15, 0.2) is 0 Å². The molecule has 0 aliphatic carbocycles. The van der Waals surface area contributed by atoms with Gasteiger partial charge in [0.25, 0.3) is 0 Å². The molecule has 1 heteroatoms. The summed E-state index contributed by atoms with van der Waals surface area (Å²) >= 11 is 0. The Morgan fingerprint density at radius 3 is 0.585 bits per heavy atom. The van der Waals surface area contributed by atoms with Crippen LogP contribution in [0.2, 0.25) is 0 Å². The van der Waals surface area contributed by atoms with Crippen molar-refractivity contribution in [3.05, 3.63) is 0 Å². The molecule has 0 amide bonds. The summed E-state index contributed by atoms with van der Waals surface area (Å²) in [6.45, 7) is 11.0. The molecule has 1 nitrogen and oxygen atoms in total. The molecule has 0 atom stereocenters. The molecule has 0 saturated carbocycles. The molecule has 0 heterocycles. The van der Waals surface area contributed by atoms with Crippen LogP contribution in [0.1, 0.15) is 239 Å². The van der Waals surface area contributed by atoms with Gasteiger partial charge in [-0.05, 0) is 38.9 Å². The van der Waals surface area contributed by atoms with Crippen LogP contribution in [0.5, 0.6) is 0 Å². The van der Waals surface area contributed by atoms with Gasteiger partial charge in [-0.2, -0.15) is 0 Å². The van der Waals surface area contributed by atoms with Crippen molar-refractivity contribution in [1.29, 1.82) is 0 Å². The summed E-state index contributed by atoms with van der Waals surface area (Å²) in [5.41, 5.74) is 0. The fourth-order valence-electron chi connectivity index (χ4n) is 6.48. The first-order valence-corrected chi connectivity index (χ1v) is 20.1. The molecule has 0 aromatic carbocycles. The summed E-state index contributed by atoms with van der Waals surface area (Å²) in [5, 5.41) is 0. The average molecular weight is 578 g/mol. The van der Waals surface area contributed by atoms with E-state index in [1.807, 2.05) is 0 Å². The molecule has 0 aromatic heterocycles. The predicted molar refractivity (Wildman–Crippen MR) is 190 cm³/mol. The smallest absolute Gasteiger partial charge is 0.00187 e. The molecule has 0 unspecified atom stereocenters. The van der Waals surface area contributed by atoms with Crippen LogP contribution in [0.3, 0.4) is 0 Å². The fourth-order valence-corrected chi connectivity index (χ4v) is 6.48. The first kappa shape index (κ1) is 41.0. The Morgan fingerprint density at radius 2 is 0.366 bits per heavy atom. The van der Waals surface area contributed by atoms with Crippen LogP contribution in [-0.4, -0.2) is 24.5 Å². The third-order valence-corrected chi connectivity index (χ3v) is 9.48. The van der Waals surface area contributed by atoms with Gasteiger partial charge in [-0.15, -0.1) is 0 Å². The minimum Gasteiger partial charge on any atom is -0.303 e. The summed E-state index contributed by atoms with van der Waals surface area (Å²) < 4.78 is 0. The number of rotatable bonds is 37. The third kappa shape index (κ3) is 36.1. The van der Waals surface area contributed by atoms with Crippen molar-refractivity contribution in [1.82, 2.24) is 4.90 Å². The van der Waals surface area contributed by atoms with Gasteiger partial charge in [0, 0.05) is 0 Å². The second-order valence-corrected chi connectivity index (χ2v) is 13.8. The Bertz CT molecular complexity index is 397. The highest BCUT2D eigenvalue weighted by Crippen LogP contribution is 2.16. The minimum absolute atomic E-state index is 1.34. The maximum absolute atomic E-state index is 2.80. The number of unbranched alkanes of at least 4 members (excludes halogenated alkanes) is 31. The lowest BCUT2D eigenvalue weighted by molar-refractivity contribution is 0.256. The van der Waals surface area contributed by atoms with E-state index in [0.717, 1.165) is 0 Å². The van der Waals surface area contributed by atoms with Gasteiger partial charge in [-0.1, -0.05) is 220 Å². The molecule has 0 aliphatic heterocycles.